The lowest BCUT2D eigenvalue weighted by Crippen LogP contribution is -2.65. The smallest absolute Gasteiger partial charge is 0.401 e. The predicted octanol–water partition coefficient (Wildman–Crippen LogP) is 2.42. The molecule has 1 heterocycles. The summed E-state index contributed by atoms with van der Waals surface area (Å²) in [5, 5.41) is 0. The van der Waals surface area contributed by atoms with E-state index in [1.807, 2.05) is 0 Å². The van der Waals surface area contributed by atoms with Gasteiger partial charge in [-0.2, -0.15) is 0 Å². The molecule has 6 heteroatoms. The lowest BCUT2D eigenvalue weighted by atomic mass is 9.43. The van der Waals surface area contributed by atoms with Crippen LogP contribution in [-0.2, 0) is 9.31 Å². The van der Waals surface area contributed by atoms with Gasteiger partial charge >= 0.3 is 7.12 Å². The largest absolute Gasteiger partial charge is 0.508 e. The first-order valence-corrected chi connectivity index (χ1v) is 15.5. The van der Waals surface area contributed by atoms with Crippen molar-refractivity contribution in [1.29, 1.82) is 0 Å². The Morgan fingerprint density at radius 3 is 2.55 bits per heavy atom. The van der Waals surface area contributed by atoms with Crippen molar-refractivity contribution in [3.63, 3.8) is 0 Å². The van der Waals surface area contributed by atoms with E-state index >= 15 is 0 Å². The lowest BCUT2D eigenvalue weighted by Gasteiger charge is -2.64. The molecule has 0 aromatic heterocycles. The van der Waals surface area contributed by atoms with Gasteiger partial charge in [-0.15, -0.1) is 0 Å². The van der Waals surface area contributed by atoms with Gasteiger partial charge in [-0.1, -0.05) is 40.8 Å². The van der Waals surface area contributed by atoms with Gasteiger partial charge < -0.3 is 14.0 Å². The summed E-state index contributed by atoms with van der Waals surface area (Å²) in [5.74, 6) is 1.87. The Morgan fingerprint density at radius 1 is 1.32 bits per heavy atom. The van der Waals surface area contributed by atoms with Gasteiger partial charge in [-0.25, -0.2) is 0 Å². The molecule has 3 saturated carbocycles. The van der Waals surface area contributed by atoms with E-state index in [1.165, 1.54) is 12.0 Å². The van der Waals surface area contributed by atoms with Gasteiger partial charge in [0.1, 0.15) is 8.48 Å². The third-order valence-electron chi connectivity index (χ3n) is 6.74. The Balaban J connectivity index is 1.83. The Labute approximate surface area is 140 Å². The van der Waals surface area contributed by atoms with E-state index in [0.717, 1.165) is 12.3 Å². The average Bonchev–Trinajstić information content (AvgIpc) is 2.79. The summed E-state index contributed by atoms with van der Waals surface area (Å²) >= 11 is 0. The fraction of sp³-hybridized carbons (Fsp3) is 0.938. The highest BCUT2D eigenvalue weighted by Crippen LogP contribution is 2.65. The number of rotatable bonds is 4. The van der Waals surface area contributed by atoms with Crippen LogP contribution in [0.2, 0.25) is 13.1 Å². The zero-order valence-corrected chi connectivity index (χ0v) is 17.9. The molecule has 4 rings (SSSR count). The van der Waals surface area contributed by atoms with Gasteiger partial charge in [0.15, 0.2) is 0 Å². The SMILES string of the molecule is C[SiH2][SiH](C)N=C(B1O[C@@H]2CC3CC(C3(C)C)[C@]2(C)O1)C(C)C. The number of hydrogen-bond acceptors (Lipinski definition) is 3. The fourth-order valence-corrected chi connectivity index (χ4v) is 7.11. The summed E-state index contributed by atoms with van der Waals surface area (Å²) in [6, 6.07) is 0. The molecule has 0 spiro atoms. The van der Waals surface area contributed by atoms with Gasteiger partial charge in [0.2, 0.25) is 0 Å². The van der Waals surface area contributed by atoms with Crippen LogP contribution in [0.1, 0.15) is 47.5 Å². The summed E-state index contributed by atoms with van der Waals surface area (Å²) < 4.78 is 18.1. The number of hydrogen-bond donors (Lipinski definition) is 0. The second-order valence-corrected chi connectivity index (χ2v) is 17.5. The first-order chi connectivity index (χ1) is 10.2. The highest BCUT2D eigenvalue weighted by molar-refractivity contribution is 7.11. The minimum absolute atomic E-state index is 0.0177. The molecular weight excluding hydrogens is 305 g/mol. The van der Waals surface area contributed by atoms with Crippen LogP contribution in [0.5, 0.6) is 0 Å². The lowest BCUT2D eigenvalue weighted by molar-refractivity contribution is -0.199. The van der Waals surface area contributed by atoms with Crippen LogP contribution in [0, 0.1) is 23.2 Å². The molecule has 4 fully saturated rings. The fourth-order valence-electron chi connectivity index (χ4n) is 4.82. The predicted molar refractivity (Wildman–Crippen MR) is 99.8 cm³/mol. The van der Waals surface area contributed by atoms with Crippen LogP contribution >= 0.6 is 0 Å². The summed E-state index contributed by atoms with van der Waals surface area (Å²) in [4.78, 5) is 0. The Hall–Kier alpha value is 0.0887. The van der Waals surface area contributed by atoms with E-state index in [4.69, 9.17) is 14.0 Å². The van der Waals surface area contributed by atoms with Gasteiger partial charge in [0, 0.05) is 14.6 Å². The quantitative estimate of drug-likeness (QED) is 0.583. The average molecular weight is 337 g/mol. The number of nitrogens with zero attached hydrogens (tertiary/aromatic N) is 1. The highest BCUT2D eigenvalue weighted by Gasteiger charge is 2.68. The molecule has 2 bridgehead atoms. The molecule has 3 nitrogen and oxygen atoms in total. The van der Waals surface area contributed by atoms with E-state index in [1.54, 1.807) is 0 Å². The van der Waals surface area contributed by atoms with Crippen LogP contribution in [0.25, 0.3) is 0 Å². The van der Waals surface area contributed by atoms with Crippen LogP contribution in [0.15, 0.2) is 4.66 Å². The highest BCUT2D eigenvalue weighted by atomic mass is 29.2. The molecule has 0 radical (unpaired) electrons. The zero-order chi connectivity index (χ0) is 16.3. The molecule has 3 aliphatic carbocycles. The molecule has 22 heavy (non-hydrogen) atoms. The van der Waals surface area contributed by atoms with Crippen molar-refractivity contribution in [1.82, 2.24) is 0 Å². The molecule has 5 atom stereocenters. The van der Waals surface area contributed by atoms with Gasteiger partial charge in [-0.3, -0.25) is 0 Å². The molecule has 0 N–H and O–H groups in total. The first kappa shape index (κ1) is 16.9. The zero-order valence-electron chi connectivity index (χ0n) is 15.3. The molecule has 0 amide bonds. The first-order valence-electron chi connectivity index (χ1n) is 9.11. The molecule has 3 unspecified atom stereocenters. The standard InChI is InChI=1S/C16H32BNO2Si2/c1-10(2)14(18-22(7)21-6)17-19-13-9-11-8-12(15(11,3)4)16(13,5)20-17/h10-13,22H,8-9,21H2,1-7H3/t11?,12?,13-,16+,22?/m1/s1. The molecule has 1 aliphatic heterocycles. The second-order valence-electron chi connectivity index (χ2n) is 8.77. The summed E-state index contributed by atoms with van der Waals surface area (Å²) in [6.45, 7) is 16.4. The van der Waals surface area contributed by atoms with Crippen molar-refractivity contribution in [2.45, 2.75) is 72.3 Å². The van der Waals surface area contributed by atoms with Crippen molar-refractivity contribution in [2.75, 3.05) is 0 Å². The van der Waals surface area contributed by atoms with Crippen molar-refractivity contribution >= 4 is 30.2 Å². The van der Waals surface area contributed by atoms with E-state index in [2.05, 4.69) is 47.7 Å². The summed E-state index contributed by atoms with van der Waals surface area (Å²) in [5.41, 5.74) is 1.50. The summed E-state index contributed by atoms with van der Waals surface area (Å²) in [6.07, 6.45) is 2.75. The summed E-state index contributed by atoms with van der Waals surface area (Å²) in [7, 11) is -1.04. The van der Waals surface area contributed by atoms with E-state index in [0.29, 0.717) is 17.3 Å². The van der Waals surface area contributed by atoms with Crippen molar-refractivity contribution in [3.8, 4) is 0 Å². The molecule has 0 aromatic carbocycles. The topological polar surface area (TPSA) is 30.8 Å². The Bertz CT molecular complexity index is 485. The maximum absolute atomic E-state index is 6.59. The monoisotopic (exact) mass is 337 g/mol. The molecule has 1 saturated heterocycles. The van der Waals surface area contributed by atoms with Crippen LogP contribution in [0.4, 0.5) is 0 Å². The van der Waals surface area contributed by atoms with Crippen molar-refractivity contribution in [2.24, 2.45) is 27.8 Å². The third kappa shape index (κ3) is 2.41. The van der Waals surface area contributed by atoms with E-state index in [9.17, 15) is 0 Å². The van der Waals surface area contributed by atoms with Crippen LogP contribution < -0.4 is 0 Å². The molecule has 124 valence electrons. The van der Waals surface area contributed by atoms with Crippen molar-refractivity contribution < 1.29 is 9.31 Å². The van der Waals surface area contributed by atoms with Crippen LogP contribution in [-0.4, -0.2) is 41.9 Å². The Morgan fingerprint density at radius 2 is 2.00 bits per heavy atom. The van der Waals surface area contributed by atoms with Crippen molar-refractivity contribution in [3.05, 3.63) is 0 Å². The normalized spacial score (nSPS) is 41.9. The second kappa shape index (κ2) is 5.57. The Kier molecular flexibility index (Phi) is 4.29. The van der Waals surface area contributed by atoms with Gasteiger partial charge in [0.05, 0.1) is 11.7 Å². The minimum atomic E-state index is -0.882. The van der Waals surface area contributed by atoms with E-state index in [-0.39, 0.29) is 27.9 Å². The third-order valence-corrected chi connectivity index (χ3v) is 12.8. The maximum atomic E-state index is 6.59. The van der Waals surface area contributed by atoms with E-state index < -0.39 is 8.48 Å². The maximum Gasteiger partial charge on any atom is 0.508 e. The molecule has 0 aromatic rings. The van der Waals surface area contributed by atoms with Gasteiger partial charge in [0.25, 0.3) is 0 Å². The molecule has 4 aliphatic rings. The van der Waals surface area contributed by atoms with Crippen LogP contribution in [0.3, 0.4) is 0 Å². The van der Waals surface area contributed by atoms with Gasteiger partial charge in [-0.05, 0) is 42.9 Å². The minimum Gasteiger partial charge on any atom is -0.401 e. The molecular formula is C16H32BNO2Si2.